The number of ketones is 1. The third-order valence-corrected chi connectivity index (χ3v) is 5.73. The molecule has 3 atom stereocenters. The van der Waals surface area contributed by atoms with Crippen LogP contribution >= 0.6 is 0 Å². The lowest BCUT2D eigenvalue weighted by Crippen LogP contribution is -2.46. The van der Waals surface area contributed by atoms with Gasteiger partial charge in [0.2, 0.25) is 11.6 Å². The second-order valence-electron chi connectivity index (χ2n) is 8.58. The Hall–Kier alpha value is -2.22. The van der Waals surface area contributed by atoms with Crippen LogP contribution < -0.4 is 4.74 Å². The Morgan fingerprint density at radius 2 is 2.08 bits per heavy atom. The van der Waals surface area contributed by atoms with Crippen molar-refractivity contribution in [2.75, 3.05) is 6.61 Å². The summed E-state index contributed by atoms with van der Waals surface area (Å²) >= 11 is 0. The highest BCUT2D eigenvalue weighted by atomic mass is 16.5. The molecule has 1 aromatic rings. The van der Waals surface area contributed by atoms with Crippen molar-refractivity contribution < 1.29 is 9.53 Å². The fourth-order valence-corrected chi connectivity index (χ4v) is 4.30. The van der Waals surface area contributed by atoms with E-state index in [9.17, 15) is 4.79 Å². The number of fused-ring (bicyclic) bond motifs is 3. The van der Waals surface area contributed by atoms with Crippen LogP contribution in [-0.2, 0) is 22.0 Å². The van der Waals surface area contributed by atoms with Crippen LogP contribution in [0.4, 0.5) is 0 Å². The standard InChI is InChI=1S/C21H27N3O2/c1-8-26-18-13-9-10-14-12(2)16(25)15(22-7)11-21(14,6)17(13)23-19(24-18)20(3,4)5/h11-12,14H,8-10H2,1-6H3/t12-,14-,21-/m0/s1. The average molecular weight is 353 g/mol. The highest BCUT2D eigenvalue weighted by molar-refractivity contribution is 6.00. The first-order valence-corrected chi connectivity index (χ1v) is 9.32. The van der Waals surface area contributed by atoms with Gasteiger partial charge in [-0.2, -0.15) is 4.98 Å². The van der Waals surface area contributed by atoms with Gasteiger partial charge in [-0.15, -0.1) is 0 Å². The Bertz CT molecular complexity index is 829. The summed E-state index contributed by atoms with van der Waals surface area (Å²) < 4.78 is 5.87. The fourth-order valence-electron chi connectivity index (χ4n) is 4.30. The lowest BCUT2D eigenvalue weighted by Gasteiger charge is -2.46. The smallest absolute Gasteiger partial charge is 0.226 e. The van der Waals surface area contributed by atoms with Crippen molar-refractivity contribution in [3.63, 3.8) is 0 Å². The Labute approximate surface area is 155 Å². The fraction of sp³-hybridized carbons (Fsp3) is 0.619. The summed E-state index contributed by atoms with van der Waals surface area (Å²) in [6.07, 6.45) is 3.52. The van der Waals surface area contributed by atoms with E-state index in [-0.39, 0.29) is 28.7 Å². The minimum absolute atomic E-state index is 0.0407. The predicted octanol–water partition coefficient (Wildman–Crippen LogP) is 4.01. The third-order valence-electron chi connectivity index (χ3n) is 5.73. The molecule has 5 heteroatoms. The van der Waals surface area contributed by atoms with Gasteiger partial charge in [0.05, 0.1) is 18.9 Å². The second-order valence-corrected chi connectivity index (χ2v) is 8.58. The number of carbonyl (C=O) groups is 1. The van der Waals surface area contributed by atoms with Crippen LogP contribution in [0, 0.1) is 18.4 Å². The molecule has 0 bridgehead atoms. The maximum absolute atomic E-state index is 12.5. The number of carbonyl (C=O) groups excluding carboxylic acids is 1. The molecule has 0 aromatic carbocycles. The molecule has 0 fully saturated rings. The van der Waals surface area contributed by atoms with Crippen molar-refractivity contribution in [3.8, 4) is 5.88 Å². The van der Waals surface area contributed by atoms with Gasteiger partial charge in [-0.25, -0.2) is 9.83 Å². The maximum Gasteiger partial charge on any atom is 0.226 e. The van der Waals surface area contributed by atoms with E-state index < -0.39 is 5.41 Å². The van der Waals surface area contributed by atoms with Gasteiger partial charge in [0.1, 0.15) is 5.82 Å². The molecule has 0 amide bonds. The molecule has 0 aliphatic heterocycles. The molecule has 26 heavy (non-hydrogen) atoms. The zero-order chi connectivity index (χ0) is 19.3. The lowest BCUT2D eigenvalue weighted by atomic mass is 9.58. The molecule has 2 aliphatic carbocycles. The van der Waals surface area contributed by atoms with E-state index >= 15 is 0 Å². The van der Waals surface area contributed by atoms with Crippen LogP contribution in [0.3, 0.4) is 0 Å². The number of ether oxygens (including phenoxy) is 1. The first kappa shape index (κ1) is 18.6. The number of Topliss-reactive ketones (excluding diaryl/α,β-unsaturated/α-hetero) is 1. The number of hydrogen-bond donors (Lipinski definition) is 0. The van der Waals surface area contributed by atoms with Crippen molar-refractivity contribution in [3.05, 3.63) is 40.3 Å². The highest BCUT2D eigenvalue weighted by Gasteiger charge is 2.50. The van der Waals surface area contributed by atoms with Crippen LogP contribution in [0.5, 0.6) is 5.88 Å². The third kappa shape index (κ3) is 2.72. The molecule has 2 aliphatic rings. The zero-order valence-electron chi connectivity index (χ0n) is 16.5. The molecule has 0 radical (unpaired) electrons. The van der Waals surface area contributed by atoms with Crippen molar-refractivity contribution in [1.29, 1.82) is 0 Å². The first-order valence-electron chi connectivity index (χ1n) is 9.32. The summed E-state index contributed by atoms with van der Waals surface area (Å²) in [6.45, 7) is 20.2. The molecule has 0 saturated heterocycles. The predicted molar refractivity (Wildman–Crippen MR) is 99.9 cm³/mol. The highest BCUT2D eigenvalue weighted by Crippen LogP contribution is 2.51. The molecule has 1 heterocycles. The summed E-state index contributed by atoms with van der Waals surface area (Å²) in [4.78, 5) is 25.7. The summed E-state index contributed by atoms with van der Waals surface area (Å²) in [5.74, 6) is 1.32. The summed E-state index contributed by atoms with van der Waals surface area (Å²) in [7, 11) is 0. The zero-order valence-corrected chi connectivity index (χ0v) is 16.5. The van der Waals surface area contributed by atoms with Crippen molar-refractivity contribution in [2.45, 2.75) is 65.2 Å². The van der Waals surface area contributed by atoms with Crippen LogP contribution in [0.2, 0.25) is 0 Å². The van der Waals surface area contributed by atoms with E-state index in [1.54, 1.807) is 0 Å². The molecule has 0 unspecified atom stereocenters. The number of aromatic nitrogens is 2. The van der Waals surface area contributed by atoms with Crippen molar-refractivity contribution in [2.24, 2.45) is 11.8 Å². The molecule has 1 aromatic heterocycles. The Morgan fingerprint density at radius 3 is 2.65 bits per heavy atom. The largest absolute Gasteiger partial charge is 0.478 e. The lowest BCUT2D eigenvalue weighted by molar-refractivity contribution is -0.121. The Morgan fingerprint density at radius 1 is 1.38 bits per heavy atom. The van der Waals surface area contributed by atoms with Gasteiger partial charge < -0.3 is 9.53 Å². The topological polar surface area (TPSA) is 56.4 Å². The van der Waals surface area contributed by atoms with Gasteiger partial charge in [-0.05, 0) is 25.7 Å². The molecular formula is C21H27N3O2. The van der Waals surface area contributed by atoms with Gasteiger partial charge in [0.15, 0.2) is 5.78 Å². The van der Waals surface area contributed by atoms with Gasteiger partial charge in [0.25, 0.3) is 0 Å². The molecule has 0 saturated carbocycles. The number of hydrogen-bond acceptors (Lipinski definition) is 4. The van der Waals surface area contributed by atoms with Crippen molar-refractivity contribution >= 4 is 5.78 Å². The van der Waals surface area contributed by atoms with Gasteiger partial charge in [-0.3, -0.25) is 0 Å². The van der Waals surface area contributed by atoms with E-state index in [0.29, 0.717) is 12.5 Å². The van der Waals surface area contributed by atoms with E-state index in [1.807, 2.05) is 19.9 Å². The second kappa shape index (κ2) is 6.19. The first-order chi connectivity index (χ1) is 12.1. The van der Waals surface area contributed by atoms with Crippen LogP contribution in [0.15, 0.2) is 11.8 Å². The quantitative estimate of drug-likeness (QED) is 0.754. The Balaban J connectivity index is 2.29. The average Bonchev–Trinajstić information content (AvgIpc) is 2.57. The van der Waals surface area contributed by atoms with Crippen molar-refractivity contribution in [1.82, 2.24) is 9.97 Å². The Kier molecular flexibility index (Phi) is 4.42. The minimum atomic E-state index is -0.449. The molecule has 0 spiro atoms. The summed E-state index contributed by atoms with van der Waals surface area (Å²) in [5, 5.41) is 0. The van der Waals surface area contributed by atoms with Crippen LogP contribution in [0.25, 0.3) is 4.85 Å². The van der Waals surface area contributed by atoms with Gasteiger partial charge in [0, 0.05) is 22.3 Å². The summed E-state index contributed by atoms with van der Waals surface area (Å²) in [5.41, 5.74) is 1.53. The van der Waals surface area contributed by atoms with E-state index in [1.165, 1.54) is 0 Å². The van der Waals surface area contributed by atoms with Crippen LogP contribution in [0.1, 0.15) is 65.0 Å². The SMILES string of the molecule is [C-]#[N+]C1=C[C@]2(C)c3nc(C(C)(C)C)nc(OCC)c3CC[C@H]2[C@H](C)C1=O. The van der Waals surface area contributed by atoms with Crippen LogP contribution in [-0.4, -0.2) is 22.4 Å². The number of rotatable bonds is 2. The normalized spacial score (nSPS) is 27.9. The minimum Gasteiger partial charge on any atom is -0.478 e. The van der Waals surface area contributed by atoms with E-state index in [2.05, 4.69) is 32.5 Å². The molecular weight excluding hydrogens is 326 g/mol. The monoisotopic (exact) mass is 353 g/mol. The number of allylic oxidation sites excluding steroid dienone is 2. The van der Waals surface area contributed by atoms with E-state index in [4.69, 9.17) is 21.3 Å². The molecule has 3 rings (SSSR count). The van der Waals surface area contributed by atoms with Gasteiger partial charge in [-0.1, -0.05) is 40.7 Å². The summed E-state index contributed by atoms with van der Waals surface area (Å²) in [6, 6.07) is 0. The van der Waals surface area contributed by atoms with E-state index in [0.717, 1.165) is 29.9 Å². The molecule has 0 N–H and O–H groups in total. The maximum atomic E-state index is 12.5. The molecule has 5 nitrogen and oxygen atoms in total. The number of nitrogens with zero attached hydrogens (tertiary/aromatic N) is 3. The molecule has 138 valence electrons. The van der Waals surface area contributed by atoms with Gasteiger partial charge >= 0.3 is 0 Å².